The fourth-order valence-electron chi connectivity index (χ4n) is 2.53. The van der Waals surface area contributed by atoms with Gasteiger partial charge in [0.05, 0.1) is 0 Å². The highest BCUT2D eigenvalue weighted by molar-refractivity contribution is 5.76. The van der Waals surface area contributed by atoms with Crippen LogP contribution in [0.2, 0.25) is 0 Å². The van der Waals surface area contributed by atoms with E-state index in [2.05, 4.69) is 17.7 Å². The normalized spacial score (nSPS) is 25.2. The third kappa shape index (κ3) is 4.81. The number of unbranched alkanes of at least 4 members (excludes halogenated alkanes) is 1. The molecule has 0 amide bonds. The van der Waals surface area contributed by atoms with Gasteiger partial charge in [-0.05, 0) is 40.2 Å². The number of hydrogen-bond donors (Lipinski definition) is 1. The number of ether oxygens (including phenoxy) is 1. The van der Waals surface area contributed by atoms with Crippen molar-refractivity contribution in [3.8, 4) is 12.3 Å². The van der Waals surface area contributed by atoms with Gasteiger partial charge in [-0.3, -0.25) is 9.69 Å². The number of carbonyl (C=O) groups is 1. The molecule has 4 nitrogen and oxygen atoms in total. The van der Waals surface area contributed by atoms with Crippen molar-refractivity contribution >= 4 is 5.97 Å². The van der Waals surface area contributed by atoms with Gasteiger partial charge in [0.15, 0.2) is 0 Å². The van der Waals surface area contributed by atoms with Crippen LogP contribution in [0.5, 0.6) is 0 Å². The summed E-state index contributed by atoms with van der Waals surface area (Å²) in [6, 6.07) is -0.284. The average Bonchev–Trinajstić information content (AvgIpc) is 2.77. The van der Waals surface area contributed by atoms with E-state index in [1.54, 1.807) is 0 Å². The molecule has 1 fully saturated rings. The van der Waals surface area contributed by atoms with Crippen molar-refractivity contribution in [2.45, 2.75) is 64.7 Å². The van der Waals surface area contributed by atoms with Crippen LogP contribution in [-0.2, 0) is 9.53 Å². The van der Waals surface area contributed by atoms with Crippen molar-refractivity contribution in [2.24, 2.45) is 5.92 Å². The van der Waals surface area contributed by atoms with Crippen molar-refractivity contribution < 1.29 is 14.6 Å². The second-order valence-electron chi connectivity index (χ2n) is 6.51. The number of aliphatic hydroxyl groups is 1. The molecule has 0 aromatic rings. The molecule has 0 aromatic carbocycles. The van der Waals surface area contributed by atoms with Crippen molar-refractivity contribution in [3.05, 3.63) is 0 Å². The van der Waals surface area contributed by atoms with E-state index in [9.17, 15) is 9.90 Å². The van der Waals surface area contributed by atoms with Crippen molar-refractivity contribution in [1.29, 1.82) is 0 Å². The molecular weight excluding hydrogens is 254 g/mol. The lowest BCUT2D eigenvalue weighted by Crippen LogP contribution is -2.40. The summed E-state index contributed by atoms with van der Waals surface area (Å²) in [6.07, 6.45) is 7.17. The minimum Gasteiger partial charge on any atom is -0.459 e. The van der Waals surface area contributed by atoms with Gasteiger partial charge in [-0.15, -0.1) is 6.42 Å². The summed E-state index contributed by atoms with van der Waals surface area (Å²) in [5.74, 6) is 2.11. The number of carbonyl (C=O) groups excluding carboxylic acids is 1. The minimum atomic E-state index is -0.786. The van der Waals surface area contributed by atoms with Gasteiger partial charge in [0.2, 0.25) is 0 Å². The number of aliphatic hydroxyl groups excluding tert-OH is 1. The first-order valence-electron chi connectivity index (χ1n) is 7.39. The highest BCUT2D eigenvalue weighted by Crippen LogP contribution is 2.28. The summed E-state index contributed by atoms with van der Waals surface area (Å²) in [6.45, 7) is 9.22. The molecule has 20 heavy (non-hydrogen) atoms. The summed E-state index contributed by atoms with van der Waals surface area (Å²) in [5, 5.41) is 9.82. The van der Waals surface area contributed by atoms with E-state index in [1.807, 2.05) is 20.8 Å². The molecule has 4 heteroatoms. The zero-order chi connectivity index (χ0) is 15.3. The van der Waals surface area contributed by atoms with Crippen molar-refractivity contribution in [2.75, 3.05) is 13.1 Å². The zero-order valence-corrected chi connectivity index (χ0v) is 13.1. The van der Waals surface area contributed by atoms with Gasteiger partial charge in [-0.1, -0.05) is 19.3 Å². The number of esters is 1. The Kier molecular flexibility index (Phi) is 6.04. The van der Waals surface area contributed by atoms with E-state index >= 15 is 0 Å². The van der Waals surface area contributed by atoms with Crippen LogP contribution in [0, 0.1) is 18.3 Å². The van der Waals surface area contributed by atoms with Crippen LogP contribution < -0.4 is 0 Å². The van der Waals surface area contributed by atoms with Crippen LogP contribution in [0.3, 0.4) is 0 Å². The first-order chi connectivity index (χ1) is 9.28. The van der Waals surface area contributed by atoms with Crippen molar-refractivity contribution in [1.82, 2.24) is 4.90 Å². The second kappa shape index (κ2) is 7.10. The molecule has 1 saturated heterocycles. The smallest absolute Gasteiger partial charge is 0.323 e. The standard InChI is InChI=1S/C16H27NO3/c1-6-8-9-17-11-12(14(18)7-2)10-13(17)15(19)20-16(3,4)5/h2,12-14,18H,6,8-11H2,1,3-5H3. The molecule has 3 unspecified atom stereocenters. The Morgan fingerprint density at radius 3 is 2.70 bits per heavy atom. The monoisotopic (exact) mass is 281 g/mol. The predicted octanol–water partition coefficient (Wildman–Crippen LogP) is 1.81. The third-order valence-corrected chi connectivity index (χ3v) is 3.53. The van der Waals surface area contributed by atoms with Gasteiger partial charge in [0.25, 0.3) is 0 Å². The molecule has 0 spiro atoms. The van der Waals surface area contributed by atoms with Crippen LogP contribution in [0.1, 0.15) is 47.0 Å². The van der Waals surface area contributed by atoms with Crippen molar-refractivity contribution in [3.63, 3.8) is 0 Å². The zero-order valence-electron chi connectivity index (χ0n) is 13.1. The lowest BCUT2D eigenvalue weighted by atomic mass is 9.99. The molecule has 1 aliphatic heterocycles. The maximum atomic E-state index is 12.3. The van der Waals surface area contributed by atoms with E-state index in [0.29, 0.717) is 13.0 Å². The van der Waals surface area contributed by atoms with Gasteiger partial charge >= 0.3 is 5.97 Å². The van der Waals surface area contributed by atoms with E-state index in [4.69, 9.17) is 11.2 Å². The molecule has 1 N–H and O–H groups in total. The average molecular weight is 281 g/mol. The number of likely N-dealkylation sites (tertiary alicyclic amines) is 1. The Labute approximate surface area is 122 Å². The molecule has 1 aliphatic rings. The van der Waals surface area contributed by atoms with E-state index in [-0.39, 0.29) is 17.9 Å². The number of nitrogens with zero attached hydrogens (tertiary/aromatic N) is 1. The van der Waals surface area contributed by atoms with Crippen LogP contribution in [0.25, 0.3) is 0 Å². The largest absolute Gasteiger partial charge is 0.459 e. The number of rotatable bonds is 5. The SMILES string of the molecule is C#CC(O)C1CC(C(=O)OC(C)(C)C)N(CCCC)C1. The summed E-state index contributed by atoms with van der Waals surface area (Å²) >= 11 is 0. The summed E-state index contributed by atoms with van der Waals surface area (Å²) in [4.78, 5) is 14.4. The molecule has 1 heterocycles. The van der Waals surface area contributed by atoms with Crippen LogP contribution in [0.4, 0.5) is 0 Å². The van der Waals surface area contributed by atoms with Gasteiger partial charge in [-0.25, -0.2) is 0 Å². The lowest BCUT2D eigenvalue weighted by molar-refractivity contribution is -0.160. The Morgan fingerprint density at radius 2 is 2.20 bits per heavy atom. The minimum absolute atomic E-state index is 0.0469. The lowest BCUT2D eigenvalue weighted by Gasteiger charge is -2.27. The van der Waals surface area contributed by atoms with Crippen LogP contribution in [-0.4, -0.2) is 46.8 Å². The Hall–Kier alpha value is -1.05. The molecule has 3 atom stereocenters. The van der Waals surface area contributed by atoms with Gasteiger partial charge < -0.3 is 9.84 Å². The second-order valence-corrected chi connectivity index (χ2v) is 6.51. The maximum absolute atomic E-state index is 12.3. The summed E-state index contributed by atoms with van der Waals surface area (Å²) < 4.78 is 5.48. The van der Waals surface area contributed by atoms with E-state index < -0.39 is 11.7 Å². The van der Waals surface area contributed by atoms with Gasteiger partial charge in [0.1, 0.15) is 17.7 Å². The maximum Gasteiger partial charge on any atom is 0.323 e. The molecular formula is C16H27NO3. The Balaban J connectivity index is 2.73. The summed E-state index contributed by atoms with van der Waals surface area (Å²) in [7, 11) is 0. The predicted molar refractivity (Wildman–Crippen MR) is 79.1 cm³/mol. The molecule has 0 aromatic heterocycles. The highest BCUT2D eigenvalue weighted by atomic mass is 16.6. The first-order valence-corrected chi connectivity index (χ1v) is 7.39. The third-order valence-electron chi connectivity index (χ3n) is 3.53. The Morgan fingerprint density at radius 1 is 1.55 bits per heavy atom. The fourth-order valence-corrected chi connectivity index (χ4v) is 2.53. The molecule has 1 rings (SSSR count). The van der Waals surface area contributed by atoms with Gasteiger partial charge in [-0.2, -0.15) is 0 Å². The van der Waals surface area contributed by atoms with Crippen LogP contribution in [0.15, 0.2) is 0 Å². The van der Waals surface area contributed by atoms with Crippen LogP contribution >= 0.6 is 0 Å². The molecule has 0 bridgehead atoms. The molecule has 0 aliphatic carbocycles. The summed E-state index contributed by atoms with van der Waals surface area (Å²) in [5.41, 5.74) is -0.490. The highest BCUT2D eigenvalue weighted by Gasteiger charge is 2.40. The quantitative estimate of drug-likeness (QED) is 0.617. The van der Waals surface area contributed by atoms with E-state index in [0.717, 1.165) is 19.4 Å². The molecule has 0 saturated carbocycles. The Bertz CT molecular complexity index is 367. The number of terminal acetylenes is 1. The topological polar surface area (TPSA) is 49.8 Å². The fraction of sp³-hybridized carbons (Fsp3) is 0.812. The number of hydrogen-bond acceptors (Lipinski definition) is 4. The molecule has 0 radical (unpaired) electrons. The molecule has 114 valence electrons. The van der Waals surface area contributed by atoms with E-state index in [1.165, 1.54) is 0 Å². The van der Waals surface area contributed by atoms with Gasteiger partial charge in [0, 0.05) is 12.5 Å². The first kappa shape index (κ1) is 17.0.